The van der Waals surface area contributed by atoms with E-state index >= 15 is 0 Å². The van der Waals surface area contributed by atoms with E-state index in [1.165, 1.54) is 0 Å². The Kier molecular flexibility index (Phi) is 5.79. The molecule has 0 saturated carbocycles. The minimum atomic E-state index is -0.669. The Labute approximate surface area is 124 Å². The zero-order chi connectivity index (χ0) is 14.9. The van der Waals surface area contributed by atoms with Gasteiger partial charge in [-0.2, -0.15) is 0 Å². The van der Waals surface area contributed by atoms with Gasteiger partial charge in [0.2, 0.25) is 0 Å². The summed E-state index contributed by atoms with van der Waals surface area (Å²) in [6.07, 6.45) is 0.419. The Bertz CT molecular complexity index is 542. The van der Waals surface area contributed by atoms with Gasteiger partial charge in [-0.15, -0.1) is 0 Å². The third-order valence-corrected chi connectivity index (χ3v) is 2.97. The summed E-state index contributed by atoms with van der Waals surface area (Å²) >= 11 is 0. The molecule has 21 heavy (non-hydrogen) atoms. The summed E-state index contributed by atoms with van der Waals surface area (Å²) in [5.41, 5.74) is 6.73. The first-order valence-corrected chi connectivity index (χ1v) is 6.89. The van der Waals surface area contributed by atoms with Crippen molar-refractivity contribution < 1.29 is 14.3 Å². The molecule has 4 nitrogen and oxygen atoms in total. The van der Waals surface area contributed by atoms with E-state index < -0.39 is 12.0 Å². The molecule has 0 amide bonds. The minimum Gasteiger partial charge on any atom is -0.494 e. The normalized spacial score (nSPS) is 11.7. The molecule has 2 rings (SSSR count). The number of carbonyl (C=O) groups excluding carboxylic acids is 1. The molecule has 2 aromatic carbocycles. The van der Waals surface area contributed by atoms with E-state index in [1.54, 1.807) is 0 Å². The van der Waals surface area contributed by atoms with Gasteiger partial charge in [-0.25, -0.2) is 0 Å². The van der Waals surface area contributed by atoms with E-state index in [2.05, 4.69) is 0 Å². The summed E-state index contributed by atoms with van der Waals surface area (Å²) in [5, 5.41) is 0. The van der Waals surface area contributed by atoms with Crippen molar-refractivity contribution in [2.45, 2.75) is 19.1 Å². The fourth-order valence-corrected chi connectivity index (χ4v) is 1.77. The highest BCUT2D eigenvalue weighted by molar-refractivity contribution is 5.75. The van der Waals surface area contributed by atoms with Crippen molar-refractivity contribution in [3.05, 3.63) is 66.2 Å². The number of carbonyl (C=O) groups is 1. The van der Waals surface area contributed by atoms with Crippen molar-refractivity contribution in [3.8, 4) is 5.75 Å². The molecule has 0 radical (unpaired) electrons. The molecule has 0 saturated heterocycles. The van der Waals surface area contributed by atoms with Crippen LogP contribution < -0.4 is 10.5 Å². The lowest BCUT2D eigenvalue weighted by Gasteiger charge is -2.12. The standard InChI is InChI=1S/C17H19NO3/c18-16(11-12-20-15-9-5-2-6-10-15)17(19)21-13-14-7-3-1-4-8-14/h1-10,16H,11-13,18H2. The quantitative estimate of drug-likeness (QED) is 0.794. The second kappa shape index (κ2) is 8.07. The largest absolute Gasteiger partial charge is 0.494 e. The minimum absolute atomic E-state index is 0.243. The molecule has 110 valence electrons. The summed E-state index contributed by atoms with van der Waals surface area (Å²) in [6.45, 7) is 0.624. The molecule has 1 unspecified atom stereocenters. The Hall–Kier alpha value is -2.33. The van der Waals surface area contributed by atoms with Crippen LogP contribution in [0.1, 0.15) is 12.0 Å². The maximum Gasteiger partial charge on any atom is 0.323 e. The molecule has 0 aromatic heterocycles. The van der Waals surface area contributed by atoms with Gasteiger partial charge in [0.1, 0.15) is 18.4 Å². The number of ether oxygens (including phenoxy) is 2. The van der Waals surface area contributed by atoms with Crippen molar-refractivity contribution >= 4 is 5.97 Å². The maximum atomic E-state index is 11.8. The predicted octanol–water partition coefficient (Wildman–Crippen LogP) is 2.53. The van der Waals surface area contributed by atoms with Gasteiger partial charge >= 0.3 is 5.97 Å². The van der Waals surface area contributed by atoms with Crippen molar-refractivity contribution in [1.82, 2.24) is 0 Å². The zero-order valence-corrected chi connectivity index (χ0v) is 11.8. The van der Waals surface area contributed by atoms with E-state index in [4.69, 9.17) is 15.2 Å². The third kappa shape index (κ3) is 5.28. The average molecular weight is 285 g/mol. The van der Waals surface area contributed by atoms with Gasteiger partial charge in [-0.05, 0) is 17.7 Å². The highest BCUT2D eigenvalue weighted by atomic mass is 16.5. The number of esters is 1. The number of nitrogens with two attached hydrogens (primary N) is 1. The van der Waals surface area contributed by atoms with Gasteiger partial charge < -0.3 is 15.2 Å². The van der Waals surface area contributed by atoms with Crippen LogP contribution in [-0.2, 0) is 16.1 Å². The number of rotatable bonds is 7. The molecule has 0 aliphatic rings. The Morgan fingerprint density at radius 3 is 2.29 bits per heavy atom. The highest BCUT2D eigenvalue weighted by Gasteiger charge is 2.15. The van der Waals surface area contributed by atoms with Crippen molar-refractivity contribution in [2.75, 3.05) is 6.61 Å². The van der Waals surface area contributed by atoms with E-state index in [0.717, 1.165) is 11.3 Å². The fourth-order valence-electron chi connectivity index (χ4n) is 1.77. The fraction of sp³-hybridized carbons (Fsp3) is 0.235. The number of para-hydroxylation sites is 1. The van der Waals surface area contributed by atoms with Crippen LogP contribution in [0, 0.1) is 0 Å². The molecule has 0 bridgehead atoms. The lowest BCUT2D eigenvalue weighted by molar-refractivity contribution is -0.146. The van der Waals surface area contributed by atoms with Crippen molar-refractivity contribution in [3.63, 3.8) is 0 Å². The predicted molar refractivity (Wildman–Crippen MR) is 80.8 cm³/mol. The molecular weight excluding hydrogens is 266 g/mol. The van der Waals surface area contributed by atoms with Gasteiger partial charge in [0.05, 0.1) is 6.61 Å². The summed E-state index contributed by atoms with van der Waals surface area (Å²) in [5.74, 6) is 0.359. The van der Waals surface area contributed by atoms with Gasteiger partial charge in [-0.1, -0.05) is 48.5 Å². The Morgan fingerprint density at radius 2 is 1.62 bits per heavy atom. The number of benzene rings is 2. The van der Waals surface area contributed by atoms with Gasteiger partial charge in [0.25, 0.3) is 0 Å². The number of hydrogen-bond donors (Lipinski definition) is 1. The molecule has 0 spiro atoms. The SMILES string of the molecule is NC(CCOc1ccccc1)C(=O)OCc1ccccc1. The summed E-state index contributed by atoms with van der Waals surface area (Å²) in [6, 6.07) is 18.3. The first-order valence-electron chi connectivity index (χ1n) is 6.89. The lowest BCUT2D eigenvalue weighted by atomic mass is 10.2. The van der Waals surface area contributed by atoms with Crippen molar-refractivity contribution in [1.29, 1.82) is 0 Å². The Morgan fingerprint density at radius 1 is 1.00 bits per heavy atom. The van der Waals surface area contributed by atoms with Gasteiger partial charge in [0.15, 0.2) is 0 Å². The van der Waals surface area contributed by atoms with Crippen LogP contribution in [0.25, 0.3) is 0 Å². The van der Waals surface area contributed by atoms with E-state index in [1.807, 2.05) is 60.7 Å². The van der Waals surface area contributed by atoms with Crippen LogP contribution in [0.3, 0.4) is 0 Å². The van der Waals surface area contributed by atoms with Gasteiger partial charge in [0, 0.05) is 6.42 Å². The smallest absolute Gasteiger partial charge is 0.323 e. The molecular formula is C17H19NO3. The van der Waals surface area contributed by atoms with Gasteiger partial charge in [-0.3, -0.25) is 4.79 Å². The highest BCUT2D eigenvalue weighted by Crippen LogP contribution is 2.09. The van der Waals surface area contributed by atoms with Crippen LogP contribution >= 0.6 is 0 Å². The molecule has 2 N–H and O–H groups in total. The molecule has 0 fully saturated rings. The average Bonchev–Trinajstić information content (AvgIpc) is 2.54. The molecule has 1 atom stereocenters. The first-order chi connectivity index (χ1) is 10.3. The monoisotopic (exact) mass is 285 g/mol. The lowest BCUT2D eigenvalue weighted by Crippen LogP contribution is -2.33. The van der Waals surface area contributed by atoms with Crippen LogP contribution in [0.2, 0.25) is 0 Å². The van der Waals surface area contributed by atoms with Crippen LogP contribution in [-0.4, -0.2) is 18.6 Å². The van der Waals surface area contributed by atoms with Crippen LogP contribution in [0.4, 0.5) is 0 Å². The summed E-state index contributed by atoms with van der Waals surface area (Å²) < 4.78 is 10.7. The summed E-state index contributed by atoms with van der Waals surface area (Å²) in [7, 11) is 0. The molecule has 0 aliphatic heterocycles. The first kappa shape index (κ1) is 15.1. The Balaban J connectivity index is 1.68. The maximum absolute atomic E-state index is 11.8. The molecule has 2 aromatic rings. The second-order valence-corrected chi connectivity index (χ2v) is 4.65. The summed E-state index contributed by atoms with van der Waals surface area (Å²) in [4.78, 5) is 11.8. The molecule has 4 heteroatoms. The van der Waals surface area contributed by atoms with E-state index in [0.29, 0.717) is 13.0 Å². The second-order valence-electron chi connectivity index (χ2n) is 4.65. The molecule has 0 heterocycles. The van der Waals surface area contributed by atoms with Crippen LogP contribution in [0.15, 0.2) is 60.7 Å². The van der Waals surface area contributed by atoms with Crippen LogP contribution in [0.5, 0.6) is 5.75 Å². The number of hydrogen-bond acceptors (Lipinski definition) is 4. The molecule has 0 aliphatic carbocycles. The topological polar surface area (TPSA) is 61.5 Å². The van der Waals surface area contributed by atoms with E-state index in [9.17, 15) is 4.79 Å². The van der Waals surface area contributed by atoms with E-state index in [-0.39, 0.29) is 6.61 Å². The zero-order valence-electron chi connectivity index (χ0n) is 11.8. The third-order valence-electron chi connectivity index (χ3n) is 2.97. The van der Waals surface area contributed by atoms with Crippen molar-refractivity contribution in [2.24, 2.45) is 5.73 Å².